The number of alkyl carbamates (subject to hydrolysis) is 1. The van der Waals surface area contributed by atoms with Crippen molar-refractivity contribution in [3.05, 3.63) is 21.4 Å². The van der Waals surface area contributed by atoms with Crippen molar-refractivity contribution in [2.24, 2.45) is 5.10 Å². The normalized spacial score (nSPS) is 21.1. The fraction of sp³-hybridized carbons (Fsp3) is 0.500. The Morgan fingerprint density at radius 3 is 3.05 bits per heavy atom. The largest absolute Gasteiger partial charge is 0.453 e. The van der Waals surface area contributed by atoms with Gasteiger partial charge in [0.2, 0.25) is 5.91 Å². The lowest BCUT2D eigenvalue weighted by Crippen LogP contribution is -2.38. The van der Waals surface area contributed by atoms with Crippen molar-refractivity contribution < 1.29 is 14.3 Å². The Labute approximate surface area is 126 Å². The zero-order chi connectivity index (χ0) is 14.8. The minimum absolute atomic E-state index is 0.0230. The molecule has 0 spiro atoms. The van der Waals surface area contributed by atoms with Gasteiger partial charge in [0.05, 0.1) is 12.8 Å². The van der Waals surface area contributed by atoms with Crippen LogP contribution in [0.25, 0.3) is 0 Å². The number of rotatable bonds is 2. The summed E-state index contributed by atoms with van der Waals surface area (Å²) < 4.78 is 4.65. The van der Waals surface area contributed by atoms with Gasteiger partial charge in [0, 0.05) is 41.1 Å². The van der Waals surface area contributed by atoms with E-state index in [1.165, 1.54) is 17.6 Å². The van der Waals surface area contributed by atoms with Crippen LogP contribution in [0.3, 0.4) is 0 Å². The number of nitrogens with one attached hydrogen (secondary N) is 2. The van der Waals surface area contributed by atoms with E-state index in [1.807, 2.05) is 0 Å². The first-order valence-corrected chi connectivity index (χ1v) is 7.85. The Morgan fingerprint density at radius 2 is 2.33 bits per heavy atom. The van der Waals surface area contributed by atoms with Gasteiger partial charge in [-0.05, 0) is 18.4 Å². The number of fused-ring (bicyclic) bond motifs is 1. The molecular formula is C14H17N3O3S. The van der Waals surface area contributed by atoms with Crippen LogP contribution < -0.4 is 10.7 Å². The van der Waals surface area contributed by atoms with Crippen molar-refractivity contribution in [2.45, 2.75) is 38.1 Å². The molecule has 0 saturated carbocycles. The van der Waals surface area contributed by atoms with Crippen molar-refractivity contribution in [1.82, 2.24) is 10.7 Å². The van der Waals surface area contributed by atoms with E-state index in [-0.39, 0.29) is 18.0 Å². The van der Waals surface area contributed by atoms with Gasteiger partial charge >= 0.3 is 6.09 Å². The van der Waals surface area contributed by atoms with Crippen LogP contribution in [0.4, 0.5) is 4.79 Å². The van der Waals surface area contributed by atoms with Gasteiger partial charge in [-0.3, -0.25) is 4.79 Å². The van der Waals surface area contributed by atoms with E-state index >= 15 is 0 Å². The highest BCUT2D eigenvalue weighted by Crippen LogP contribution is 2.32. The summed E-state index contributed by atoms with van der Waals surface area (Å²) in [5.74, 6) is -0.0230. The first kappa shape index (κ1) is 14.1. The number of carbonyl (C=O) groups excluding carboxylic acids is 2. The Kier molecular flexibility index (Phi) is 3.92. The molecule has 1 unspecified atom stereocenters. The van der Waals surface area contributed by atoms with E-state index < -0.39 is 0 Å². The number of thiophene rings is 1. The van der Waals surface area contributed by atoms with Crippen LogP contribution in [0.15, 0.2) is 10.5 Å². The summed E-state index contributed by atoms with van der Waals surface area (Å²) in [6.45, 7) is 0. The average molecular weight is 307 g/mol. The molecule has 0 aromatic carbocycles. The van der Waals surface area contributed by atoms with Gasteiger partial charge in [0.1, 0.15) is 0 Å². The average Bonchev–Trinajstić information content (AvgIpc) is 2.91. The molecule has 2 amide bonds. The molecule has 1 aromatic rings. The molecule has 1 aromatic heterocycles. The quantitative estimate of drug-likeness (QED) is 0.870. The highest BCUT2D eigenvalue weighted by atomic mass is 32.1. The van der Waals surface area contributed by atoms with Gasteiger partial charge in [0.15, 0.2) is 0 Å². The van der Waals surface area contributed by atoms with Crippen LogP contribution in [0.5, 0.6) is 0 Å². The summed E-state index contributed by atoms with van der Waals surface area (Å²) in [5.41, 5.74) is 5.99. The molecule has 1 aliphatic heterocycles. The maximum Gasteiger partial charge on any atom is 0.407 e. The van der Waals surface area contributed by atoms with E-state index in [4.69, 9.17) is 0 Å². The maximum atomic E-state index is 11.3. The molecule has 0 saturated heterocycles. The van der Waals surface area contributed by atoms with Crippen molar-refractivity contribution in [3.63, 3.8) is 0 Å². The molecule has 7 heteroatoms. The summed E-state index contributed by atoms with van der Waals surface area (Å²) >= 11 is 1.70. The molecule has 1 atom stereocenters. The number of amides is 2. The Hall–Kier alpha value is -1.89. The second-order valence-electron chi connectivity index (χ2n) is 5.22. The zero-order valence-corrected chi connectivity index (χ0v) is 12.6. The van der Waals surface area contributed by atoms with Gasteiger partial charge in [-0.1, -0.05) is 0 Å². The van der Waals surface area contributed by atoms with E-state index in [9.17, 15) is 9.59 Å². The number of hydrazone groups is 1. The molecular weight excluding hydrogens is 290 g/mol. The summed E-state index contributed by atoms with van der Waals surface area (Å²) in [4.78, 5) is 23.7. The number of methoxy groups -OCH3 is 1. The second kappa shape index (κ2) is 5.85. The lowest BCUT2D eigenvalue weighted by Gasteiger charge is -2.23. The summed E-state index contributed by atoms with van der Waals surface area (Å²) in [5, 5.41) is 9.15. The van der Waals surface area contributed by atoms with E-state index in [2.05, 4.69) is 26.0 Å². The molecule has 2 heterocycles. The van der Waals surface area contributed by atoms with Crippen LogP contribution in [-0.2, 0) is 22.4 Å². The first-order valence-electron chi connectivity index (χ1n) is 6.97. The standard InChI is InChI=1S/C14H17N3O3S/c1-20-14(19)15-8-2-3-9-10(7-21-12(9)6-8)11-4-5-13(18)17-16-11/h7-8H,2-6H2,1H3,(H,15,19)(H,17,18). The lowest BCUT2D eigenvalue weighted by molar-refractivity contribution is -0.121. The number of hydrogen-bond acceptors (Lipinski definition) is 5. The molecule has 1 aliphatic carbocycles. The topological polar surface area (TPSA) is 79.8 Å². The summed E-state index contributed by atoms with van der Waals surface area (Å²) in [6, 6.07) is 0.129. The third kappa shape index (κ3) is 2.92. The Bertz CT molecular complexity index is 609. The highest BCUT2D eigenvalue weighted by Gasteiger charge is 2.26. The van der Waals surface area contributed by atoms with Crippen LogP contribution in [-0.4, -0.2) is 30.9 Å². The molecule has 112 valence electrons. The van der Waals surface area contributed by atoms with Crippen molar-refractivity contribution in [3.8, 4) is 0 Å². The molecule has 0 radical (unpaired) electrons. The van der Waals surface area contributed by atoms with Gasteiger partial charge in [0.25, 0.3) is 0 Å². The molecule has 3 rings (SSSR count). The van der Waals surface area contributed by atoms with Gasteiger partial charge in [-0.2, -0.15) is 5.10 Å². The summed E-state index contributed by atoms with van der Waals surface area (Å²) in [7, 11) is 1.38. The van der Waals surface area contributed by atoms with Gasteiger partial charge in [-0.15, -0.1) is 11.3 Å². The highest BCUT2D eigenvalue weighted by molar-refractivity contribution is 7.10. The molecule has 21 heavy (non-hydrogen) atoms. The van der Waals surface area contributed by atoms with E-state index in [1.54, 1.807) is 11.3 Å². The number of carbonyl (C=O) groups is 2. The minimum Gasteiger partial charge on any atom is -0.453 e. The number of nitrogens with zero attached hydrogens (tertiary/aromatic N) is 1. The van der Waals surface area contributed by atoms with Crippen LogP contribution in [0.2, 0.25) is 0 Å². The van der Waals surface area contributed by atoms with Crippen molar-refractivity contribution in [1.29, 1.82) is 0 Å². The van der Waals surface area contributed by atoms with E-state index in [0.29, 0.717) is 12.8 Å². The molecule has 0 bridgehead atoms. The molecule has 6 nitrogen and oxygen atoms in total. The maximum absolute atomic E-state index is 11.3. The summed E-state index contributed by atoms with van der Waals surface area (Å²) in [6.07, 6.45) is 3.45. The third-order valence-electron chi connectivity index (χ3n) is 3.88. The monoisotopic (exact) mass is 307 g/mol. The van der Waals surface area contributed by atoms with Crippen molar-refractivity contribution >= 4 is 29.0 Å². The smallest absolute Gasteiger partial charge is 0.407 e. The van der Waals surface area contributed by atoms with Gasteiger partial charge < -0.3 is 10.1 Å². The lowest BCUT2D eigenvalue weighted by atomic mass is 9.90. The molecule has 0 fully saturated rings. The molecule has 2 aliphatic rings. The van der Waals surface area contributed by atoms with Crippen LogP contribution >= 0.6 is 11.3 Å². The van der Waals surface area contributed by atoms with Crippen LogP contribution in [0.1, 0.15) is 35.3 Å². The predicted molar refractivity (Wildman–Crippen MR) is 79.6 cm³/mol. The van der Waals surface area contributed by atoms with Crippen molar-refractivity contribution in [2.75, 3.05) is 7.11 Å². The second-order valence-corrected chi connectivity index (χ2v) is 6.18. The molecule has 2 N–H and O–H groups in total. The minimum atomic E-state index is -0.375. The Balaban J connectivity index is 1.75. The predicted octanol–water partition coefficient (Wildman–Crippen LogP) is 1.58. The SMILES string of the molecule is COC(=O)NC1CCc2c(C3=NNC(=O)CC3)csc2C1. The van der Waals surface area contributed by atoms with Crippen LogP contribution in [0, 0.1) is 0 Å². The third-order valence-corrected chi connectivity index (χ3v) is 4.93. The zero-order valence-electron chi connectivity index (χ0n) is 11.8. The van der Waals surface area contributed by atoms with Gasteiger partial charge in [-0.25, -0.2) is 10.2 Å². The number of hydrogen-bond donors (Lipinski definition) is 2. The first-order chi connectivity index (χ1) is 10.2. The fourth-order valence-corrected chi connectivity index (χ4v) is 3.96. The van der Waals surface area contributed by atoms with E-state index in [0.717, 1.165) is 30.5 Å². The fourth-order valence-electron chi connectivity index (χ4n) is 2.77. The number of ether oxygens (including phenoxy) is 1. The Morgan fingerprint density at radius 1 is 1.48 bits per heavy atom.